The fourth-order valence-corrected chi connectivity index (χ4v) is 2.83. The highest BCUT2D eigenvalue weighted by molar-refractivity contribution is 5.16. The van der Waals surface area contributed by atoms with Crippen molar-refractivity contribution in [3.05, 3.63) is 47.4 Å². The van der Waals surface area contributed by atoms with Crippen molar-refractivity contribution in [2.75, 3.05) is 13.1 Å². The average Bonchev–Trinajstić information content (AvgIpc) is 3.00. The molecule has 2 aromatic rings. The standard InChI is InChI=1S/C17H22FN3O/c1-12(2)16-19-20-17(22-16)14-7-9-21(10-8-14)11-13-3-5-15(18)6-4-13/h3-6,12,14H,7-11H2,1-2H3. The fourth-order valence-electron chi connectivity index (χ4n) is 2.83. The minimum atomic E-state index is -0.181. The van der Waals surface area contributed by atoms with E-state index in [1.54, 1.807) is 0 Å². The number of piperidine rings is 1. The van der Waals surface area contributed by atoms with Crippen LogP contribution in [0.5, 0.6) is 0 Å². The number of likely N-dealkylation sites (tertiary alicyclic amines) is 1. The normalized spacial score (nSPS) is 17.3. The summed E-state index contributed by atoms with van der Waals surface area (Å²) in [5, 5.41) is 8.32. The lowest BCUT2D eigenvalue weighted by molar-refractivity contribution is 0.191. The molecule has 0 amide bonds. The van der Waals surface area contributed by atoms with Gasteiger partial charge in [0.25, 0.3) is 0 Å². The smallest absolute Gasteiger partial charge is 0.219 e. The number of nitrogens with zero attached hydrogens (tertiary/aromatic N) is 3. The Hall–Kier alpha value is -1.75. The van der Waals surface area contributed by atoms with Crippen molar-refractivity contribution < 1.29 is 8.81 Å². The number of aromatic nitrogens is 2. The highest BCUT2D eigenvalue weighted by Gasteiger charge is 2.25. The zero-order chi connectivity index (χ0) is 15.5. The molecule has 0 unspecified atom stereocenters. The Kier molecular flexibility index (Phi) is 4.52. The van der Waals surface area contributed by atoms with Gasteiger partial charge in [-0.25, -0.2) is 4.39 Å². The van der Waals surface area contributed by atoms with Gasteiger partial charge in [0.05, 0.1) is 0 Å². The molecule has 4 nitrogen and oxygen atoms in total. The molecule has 1 saturated heterocycles. The Bertz CT molecular complexity index is 601. The molecule has 0 atom stereocenters. The Morgan fingerprint density at radius 2 is 1.86 bits per heavy atom. The van der Waals surface area contributed by atoms with Crippen molar-refractivity contribution >= 4 is 0 Å². The largest absolute Gasteiger partial charge is 0.425 e. The first-order valence-corrected chi connectivity index (χ1v) is 7.92. The maximum Gasteiger partial charge on any atom is 0.219 e. The van der Waals surface area contributed by atoms with Crippen molar-refractivity contribution in [1.29, 1.82) is 0 Å². The maximum atomic E-state index is 12.9. The van der Waals surface area contributed by atoms with Gasteiger partial charge in [-0.3, -0.25) is 4.90 Å². The predicted octanol–water partition coefficient (Wildman–Crippen LogP) is 3.71. The number of hydrogen-bond donors (Lipinski definition) is 0. The van der Waals surface area contributed by atoms with Gasteiger partial charge < -0.3 is 4.42 Å². The second-order valence-electron chi connectivity index (χ2n) is 6.31. The van der Waals surface area contributed by atoms with Crippen LogP contribution in [0.25, 0.3) is 0 Å². The molecule has 1 aromatic carbocycles. The molecule has 0 spiro atoms. The summed E-state index contributed by atoms with van der Waals surface area (Å²) in [4.78, 5) is 2.39. The van der Waals surface area contributed by atoms with E-state index in [0.29, 0.717) is 5.92 Å². The van der Waals surface area contributed by atoms with E-state index >= 15 is 0 Å². The zero-order valence-electron chi connectivity index (χ0n) is 13.1. The van der Waals surface area contributed by atoms with E-state index in [-0.39, 0.29) is 11.7 Å². The SMILES string of the molecule is CC(C)c1nnc(C2CCN(Cc3ccc(F)cc3)CC2)o1. The molecule has 1 aromatic heterocycles. The van der Waals surface area contributed by atoms with Gasteiger partial charge in [0.15, 0.2) is 0 Å². The summed E-state index contributed by atoms with van der Waals surface area (Å²) in [6.07, 6.45) is 2.06. The molecule has 22 heavy (non-hydrogen) atoms. The number of hydrogen-bond acceptors (Lipinski definition) is 4. The Morgan fingerprint density at radius 1 is 1.18 bits per heavy atom. The molecule has 5 heteroatoms. The lowest BCUT2D eigenvalue weighted by atomic mass is 9.96. The van der Waals surface area contributed by atoms with Gasteiger partial charge in [-0.2, -0.15) is 0 Å². The molecule has 3 rings (SSSR count). The summed E-state index contributed by atoms with van der Waals surface area (Å²) < 4.78 is 18.7. The van der Waals surface area contributed by atoms with Crippen LogP contribution >= 0.6 is 0 Å². The van der Waals surface area contributed by atoms with Crippen LogP contribution in [0.2, 0.25) is 0 Å². The Balaban J connectivity index is 1.54. The van der Waals surface area contributed by atoms with Gasteiger partial charge >= 0.3 is 0 Å². The number of benzene rings is 1. The average molecular weight is 303 g/mol. The lowest BCUT2D eigenvalue weighted by Gasteiger charge is -2.30. The fraction of sp³-hybridized carbons (Fsp3) is 0.529. The van der Waals surface area contributed by atoms with E-state index in [9.17, 15) is 4.39 Å². The van der Waals surface area contributed by atoms with Crippen molar-refractivity contribution in [2.45, 2.75) is 45.1 Å². The summed E-state index contributed by atoms with van der Waals surface area (Å²) >= 11 is 0. The van der Waals surface area contributed by atoms with E-state index in [2.05, 4.69) is 28.9 Å². The second-order valence-corrected chi connectivity index (χ2v) is 6.31. The van der Waals surface area contributed by atoms with Gasteiger partial charge in [-0.15, -0.1) is 10.2 Å². The van der Waals surface area contributed by atoms with Crippen molar-refractivity contribution in [3.8, 4) is 0 Å². The molecular formula is C17H22FN3O. The van der Waals surface area contributed by atoms with E-state index < -0.39 is 0 Å². The molecule has 0 N–H and O–H groups in total. The zero-order valence-corrected chi connectivity index (χ0v) is 13.1. The molecule has 0 aliphatic carbocycles. The van der Waals surface area contributed by atoms with Crippen molar-refractivity contribution in [2.24, 2.45) is 0 Å². The summed E-state index contributed by atoms with van der Waals surface area (Å²) in [5.74, 6) is 1.97. The molecule has 0 radical (unpaired) electrons. The monoisotopic (exact) mass is 303 g/mol. The molecule has 118 valence electrons. The minimum absolute atomic E-state index is 0.181. The van der Waals surface area contributed by atoms with Gasteiger partial charge in [0, 0.05) is 18.4 Å². The first kappa shape index (κ1) is 15.2. The van der Waals surface area contributed by atoms with E-state index in [0.717, 1.165) is 49.8 Å². The van der Waals surface area contributed by atoms with Gasteiger partial charge in [-0.1, -0.05) is 26.0 Å². The lowest BCUT2D eigenvalue weighted by Crippen LogP contribution is -2.32. The number of halogens is 1. The van der Waals surface area contributed by atoms with Gasteiger partial charge in [0.2, 0.25) is 11.8 Å². The summed E-state index contributed by atoms with van der Waals surface area (Å²) in [6.45, 7) is 6.99. The van der Waals surface area contributed by atoms with E-state index in [1.807, 2.05) is 12.1 Å². The Labute approximate surface area is 130 Å². The molecule has 1 aliphatic heterocycles. The highest BCUT2D eigenvalue weighted by atomic mass is 19.1. The molecule has 0 bridgehead atoms. The van der Waals surface area contributed by atoms with Crippen LogP contribution in [-0.2, 0) is 6.54 Å². The summed E-state index contributed by atoms with van der Waals surface area (Å²) in [6, 6.07) is 6.75. The second kappa shape index (κ2) is 6.57. The number of rotatable bonds is 4. The van der Waals surface area contributed by atoms with Crippen LogP contribution < -0.4 is 0 Å². The third kappa shape index (κ3) is 3.53. The van der Waals surface area contributed by atoms with Gasteiger partial charge in [0.1, 0.15) is 5.82 Å². The summed E-state index contributed by atoms with van der Waals surface area (Å²) in [5.41, 5.74) is 1.15. The third-order valence-corrected chi connectivity index (χ3v) is 4.21. The van der Waals surface area contributed by atoms with Crippen LogP contribution in [0.3, 0.4) is 0 Å². The van der Waals surface area contributed by atoms with E-state index in [4.69, 9.17) is 4.42 Å². The minimum Gasteiger partial charge on any atom is -0.425 e. The first-order valence-electron chi connectivity index (χ1n) is 7.92. The van der Waals surface area contributed by atoms with Crippen LogP contribution in [0, 0.1) is 5.82 Å². The summed E-state index contributed by atoms with van der Waals surface area (Å²) in [7, 11) is 0. The van der Waals surface area contributed by atoms with Crippen LogP contribution in [0.1, 0.15) is 55.9 Å². The van der Waals surface area contributed by atoms with Crippen molar-refractivity contribution in [3.63, 3.8) is 0 Å². The third-order valence-electron chi connectivity index (χ3n) is 4.21. The van der Waals surface area contributed by atoms with Crippen LogP contribution in [-0.4, -0.2) is 28.2 Å². The van der Waals surface area contributed by atoms with Crippen molar-refractivity contribution in [1.82, 2.24) is 15.1 Å². The quantitative estimate of drug-likeness (QED) is 0.863. The Morgan fingerprint density at radius 3 is 2.45 bits per heavy atom. The maximum absolute atomic E-state index is 12.9. The molecular weight excluding hydrogens is 281 g/mol. The molecule has 0 saturated carbocycles. The topological polar surface area (TPSA) is 42.2 Å². The van der Waals surface area contributed by atoms with Gasteiger partial charge in [-0.05, 0) is 43.6 Å². The first-order chi connectivity index (χ1) is 10.6. The van der Waals surface area contributed by atoms with Crippen LogP contribution in [0.4, 0.5) is 4.39 Å². The highest BCUT2D eigenvalue weighted by Crippen LogP contribution is 2.28. The molecule has 1 fully saturated rings. The molecule has 2 heterocycles. The van der Waals surface area contributed by atoms with Crippen LogP contribution in [0.15, 0.2) is 28.7 Å². The van der Waals surface area contributed by atoms with E-state index in [1.165, 1.54) is 12.1 Å². The molecule has 1 aliphatic rings. The predicted molar refractivity (Wildman–Crippen MR) is 82.0 cm³/mol.